The largest absolute Gasteiger partial charge is 0.493 e. The molecule has 2 aliphatic heterocycles. The number of carbonyl (C=O) groups excluding carboxylic acids is 2. The Kier molecular flexibility index (Phi) is 6.13. The summed E-state index contributed by atoms with van der Waals surface area (Å²) < 4.78 is 17.2. The third-order valence-electron chi connectivity index (χ3n) is 5.82. The molecule has 2 aliphatic rings. The summed E-state index contributed by atoms with van der Waals surface area (Å²) in [7, 11) is 3.28. The first-order valence-corrected chi connectivity index (χ1v) is 9.89. The summed E-state index contributed by atoms with van der Waals surface area (Å²) in [6.45, 7) is 5.20. The van der Waals surface area contributed by atoms with Crippen molar-refractivity contribution in [1.82, 2.24) is 10.2 Å². The number of likely N-dealkylation sites (tertiary alicyclic amines) is 1. The fourth-order valence-electron chi connectivity index (χ4n) is 4.29. The third kappa shape index (κ3) is 3.81. The van der Waals surface area contributed by atoms with Crippen LogP contribution in [0.3, 0.4) is 0 Å². The van der Waals surface area contributed by atoms with Crippen molar-refractivity contribution in [3.05, 3.63) is 23.3 Å². The molecule has 154 valence electrons. The zero-order valence-corrected chi connectivity index (χ0v) is 17.2. The van der Waals surface area contributed by atoms with Gasteiger partial charge in [-0.2, -0.15) is 0 Å². The van der Waals surface area contributed by atoms with E-state index < -0.39 is 11.6 Å². The summed E-state index contributed by atoms with van der Waals surface area (Å²) in [4.78, 5) is 26.0. The minimum Gasteiger partial charge on any atom is -0.493 e. The van der Waals surface area contributed by atoms with Gasteiger partial charge in [-0.1, -0.05) is 6.92 Å². The Morgan fingerprint density at radius 3 is 2.43 bits per heavy atom. The van der Waals surface area contributed by atoms with E-state index >= 15 is 0 Å². The minimum absolute atomic E-state index is 0.0177. The number of rotatable bonds is 5. The van der Waals surface area contributed by atoms with Crippen molar-refractivity contribution in [3.63, 3.8) is 0 Å². The quantitative estimate of drug-likeness (QED) is 0.832. The molecular formula is C21H30N2O5. The van der Waals surface area contributed by atoms with Crippen LogP contribution in [-0.4, -0.2) is 56.7 Å². The topological polar surface area (TPSA) is 77.1 Å². The van der Waals surface area contributed by atoms with E-state index in [2.05, 4.69) is 5.32 Å². The summed E-state index contributed by atoms with van der Waals surface area (Å²) in [5.41, 5.74) is 1.95. The molecule has 0 aliphatic carbocycles. The lowest BCUT2D eigenvalue weighted by atomic mass is 9.79. The van der Waals surface area contributed by atoms with E-state index in [1.165, 1.54) is 12.5 Å². The van der Waals surface area contributed by atoms with Crippen molar-refractivity contribution in [1.29, 1.82) is 0 Å². The van der Waals surface area contributed by atoms with Gasteiger partial charge in [0.2, 0.25) is 11.8 Å². The molecule has 1 spiro atoms. The van der Waals surface area contributed by atoms with E-state index in [9.17, 15) is 9.59 Å². The van der Waals surface area contributed by atoms with E-state index in [1.807, 2.05) is 24.0 Å². The monoisotopic (exact) mass is 390 g/mol. The van der Waals surface area contributed by atoms with Crippen LogP contribution >= 0.6 is 0 Å². The van der Waals surface area contributed by atoms with Gasteiger partial charge in [-0.3, -0.25) is 9.59 Å². The Balaban J connectivity index is 1.79. The zero-order chi connectivity index (χ0) is 20.3. The number of hydrogen-bond donors (Lipinski definition) is 1. The first kappa shape index (κ1) is 20.5. The van der Waals surface area contributed by atoms with E-state index in [0.29, 0.717) is 31.9 Å². The first-order chi connectivity index (χ1) is 13.4. The van der Waals surface area contributed by atoms with Crippen molar-refractivity contribution in [2.75, 3.05) is 33.9 Å². The molecule has 1 N–H and O–H groups in total. The van der Waals surface area contributed by atoms with Crippen LogP contribution in [0.1, 0.15) is 44.2 Å². The molecule has 0 radical (unpaired) electrons. The molecule has 0 aromatic heterocycles. The summed E-state index contributed by atoms with van der Waals surface area (Å²) >= 11 is 0. The van der Waals surface area contributed by atoms with Crippen LogP contribution in [0.15, 0.2) is 12.1 Å². The van der Waals surface area contributed by atoms with Gasteiger partial charge in [-0.05, 0) is 48.9 Å². The molecule has 2 heterocycles. The molecule has 0 unspecified atom stereocenters. The van der Waals surface area contributed by atoms with Gasteiger partial charge in [-0.15, -0.1) is 0 Å². The molecular weight excluding hydrogens is 360 g/mol. The Bertz CT molecular complexity index is 741. The predicted octanol–water partition coefficient (Wildman–Crippen LogP) is 2.01. The van der Waals surface area contributed by atoms with Crippen LogP contribution in [0.5, 0.6) is 11.5 Å². The van der Waals surface area contributed by atoms with Gasteiger partial charge in [-0.25, -0.2) is 0 Å². The minimum atomic E-state index is -0.463. The number of piperidine rings is 1. The molecule has 7 heteroatoms. The highest BCUT2D eigenvalue weighted by molar-refractivity contribution is 5.86. The Morgan fingerprint density at radius 1 is 1.21 bits per heavy atom. The van der Waals surface area contributed by atoms with Gasteiger partial charge in [0.25, 0.3) is 0 Å². The maximum absolute atomic E-state index is 12.8. The molecule has 28 heavy (non-hydrogen) atoms. The number of amides is 2. The molecule has 7 nitrogen and oxygen atoms in total. The molecule has 1 atom stereocenters. The fourth-order valence-corrected chi connectivity index (χ4v) is 4.29. The van der Waals surface area contributed by atoms with E-state index in [-0.39, 0.29) is 11.8 Å². The number of ether oxygens (including phenoxy) is 3. The standard InChI is InChI=1S/C21H30N2O5/c1-5-17(22-14(2)24)20(25)23-9-7-21(8-10-23)16-13-19(27-4)18(26-3)12-15(16)6-11-28-21/h12-13,17H,5-11H2,1-4H3,(H,22,24)/t17-/m1/s1. The molecule has 3 rings (SSSR count). The lowest BCUT2D eigenvalue weighted by molar-refractivity contribution is -0.144. The van der Waals surface area contributed by atoms with Crippen LogP contribution < -0.4 is 14.8 Å². The number of methoxy groups -OCH3 is 2. The van der Waals surface area contributed by atoms with Crippen LogP contribution in [0.25, 0.3) is 0 Å². The number of fused-ring (bicyclic) bond motifs is 2. The second kappa shape index (κ2) is 8.39. The number of hydrogen-bond acceptors (Lipinski definition) is 5. The highest BCUT2D eigenvalue weighted by Gasteiger charge is 2.43. The number of nitrogens with one attached hydrogen (secondary N) is 1. The molecule has 1 aromatic carbocycles. The molecule has 0 saturated carbocycles. The molecule has 1 saturated heterocycles. The lowest BCUT2D eigenvalue weighted by Crippen LogP contribution is -2.53. The average molecular weight is 390 g/mol. The van der Waals surface area contributed by atoms with Crippen LogP contribution in [0.2, 0.25) is 0 Å². The van der Waals surface area contributed by atoms with Crippen molar-refractivity contribution in [2.45, 2.75) is 51.2 Å². The maximum atomic E-state index is 12.8. The smallest absolute Gasteiger partial charge is 0.245 e. The highest BCUT2D eigenvalue weighted by atomic mass is 16.5. The van der Waals surface area contributed by atoms with Gasteiger partial charge in [0, 0.05) is 20.0 Å². The summed E-state index contributed by atoms with van der Waals surface area (Å²) in [5.74, 6) is 1.23. The normalized spacial score (nSPS) is 18.9. The summed E-state index contributed by atoms with van der Waals surface area (Å²) in [5, 5.41) is 2.75. The van der Waals surface area contributed by atoms with Crippen molar-refractivity contribution in [2.24, 2.45) is 0 Å². The summed E-state index contributed by atoms with van der Waals surface area (Å²) in [6.07, 6.45) is 2.85. The van der Waals surface area contributed by atoms with Gasteiger partial charge in [0.1, 0.15) is 6.04 Å². The predicted molar refractivity (Wildman–Crippen MR) is 105 cm³/mol. The highest BCUT2D eigenvalue weighted by Crippen LogP contribution is 2.45. The van der Waals surface area contributed by atoms with Crippen LogP contribution in [0, 0.1) is 0 Å². The second-order valence-corrected chi connectivity index (χ2v) is 7.44. The lowest BCUT2D eigenvalue weighted by Gasteiger charge is -2.45. The molecule has 1 fully saturated rings. The maximum Gasteiger partial charge on any atom is 0.245 e. The molecule has 0 bridgehead atoms. The molecule has 1 aromatic rings. The van der Waals surface area contributed by atoms with Crippen molar-refractivity contribution in [3.8, 4) is 11.5 Å². The average Bonchev–Trinajstić information content (AvgIpc) is 2.71. The van der Waals surface area contributed by atoms with E-state index in [4.69, 9.17) is 14.2 Å². The fraction of sp³-hybridized carbons (Fsp3) is 0.619. The van der Waals surface area contributed by atoms with Crippen molar-refractivity contribution < 1.29 is 23.8 Å². The number of nitrogens with zero attached hydrogens (tertiary/aromatic N) is 1. The van der Waals surface area contributed by atoms with Gasteiger partial charge < -0.3 is 24.4 Å². The van der Waals surface area contributed by atoms with E-state index in [0.717, 1.165) is 30.6 Å². The third-order valence-corrected chi connectivity index (χ3v) is 5.82. The van der Waals surface area contributed by atoms with Crippen molar-refractivity contribution >= 4 is 11.8 Å². The number of carbonyl (C=O) groups is 2. The van der Waals surface area contributed by atoms with Gasteiger partial charge in [0.05, 0.1) is 26.4 Å². The Labute approximate surface area is 166 Å². The van der Waals surface area contributed by atoms with Gasteiger partial charge in [0.15, 0.2) is 11.5 Å². The van der Waals surface area contributed by atoms with Crippen LogP contribution in [-0.2, 0) is 26.3 Å². The van der Waals surface area contributed by atoms with Gasteiger partial charge >= 0.3 is 0 Å². The zero-order valence-electron chi connectivity index (χ0n) is 17.2. The SMILES string of the molecule is CC[C@@H](NC(C)=O)C(=O)N1CCC2(CC1)OCCc1cc(OC)c(OC)cc12. The Morgan fingerprint density at radius 2 is 1.86 bits per heavy atom. The summed E-state index contributed by atoms with van der Waals surface area (Å²) in [6, 6.07) is 3.60. The second-order valence-electron chi connectivity index (χ2n) is 7.44. The molecule has 2 amide bonds. The number of benzene rings is 1. The van der Waals surface area contributed by atoms with E-state index in [1.54, 1.807) is 14.2 Å². The first-order valence-electron chi connectivity index (χ1n) is 9.89. The van der Waals surface area contributed by atoms with Crippen LogP contribution in [0.4, 0.5) is 0 Å². The Hall–Kier alpha value is -2.28.